The summed E-state index contributed by atoms with van der Waals surface area (Å²) in [6, 6.07) is 28.5. The van der Waals surface area contributed by atoms with Crippen LogP contribution in [0.4, 0.5) is 13.2 Å². The molecule has 1 atom stereocenters. The van der Waals surface area contributed by atoms with Crippen LogP contribution in [0, 0.1) is 0 Å². The summed E-state index contributed by atoms with van der Waals surface area (Å²) >= 11 is 12.0. The molecule has 0 amide bonds. The summed E-state index contributed by atoms with van der Waals surface area (Å²) < 4.78 is 61.5. The first-order valence-electron chi connectivity index (χ1n) is 11.8. The van der Waals surface area contributed by atoms with Crippen LogP contribution < -0.4 is 0 Å². The Kier molecular flexibility index (Phi) is 7.46. The summed E-state index contributed by atoms with van der Waals surface area (Å²) in [5, 5.41) is 3.92. The van der Waals surface area contributed by atoms with Crippen LogP contribution in [0.5, 0.6) is 0 Å². The molecule has 0 saturated heterocycles. The SMILES string of the molecule is O=S(=NCc1ccc(C2=NOC(c3cc(Cl)cc(Cl)c3)(C(F)(F)F)C2)cc1)(c1ccccc1)c1ccccc1. The van der Waals surface area contributed by atoms with Crippen molar-refractivity contribution < 1.29 is 22.2 Å². The minimum absolute atomic E-state index is 0.0638. The second kappa shape index (κ2) is 10.7. The van der Waals surface area contributed by atoms with Crippen LogP contribution in [0.15, 0.2) is 122 Å². The Labute approximate surface area is 234 Å². The van der Waals surface area contributed by atoms with Crippen LogP contribution in [-0.4, -0.2) is 16.1 Å². The van der Waals surface area contributed by atoms with E-state index in [9.17, 15) is 17.4 Å². The highest BCUT2D eigenvalue weighted by atomic mass is 35.5. The summed E-state index contributed by atoms with van der Waals surface area (Å²) in [5.74, 6) is 0. The average Bonchev–Trinajstić information content (AvgIpc) is 3.40. The van der Waals surface area contributed by atoms with Crippen molar-refractivity contribution in [2.24, 2.45) is 9.52 Å². The van der Waals surface area contributed by atoms with Crippen molar-refractivity contribution in [1.82, 2.24) is 0 Å². The van der Waals surface area contributed by atoms with Gasteiger partial charge in [-0.15, -0.1) is 0 Å². The molecule has 5 rings (SSSR count). The van der Waals surface area contributed by atoms with E-state index in [0.717, 1.165) is 5.56 Å². The molecular weight excluding hydrogens is 568 g/mol. The summed E-state index contributed by atoms with van der Waals surface area (Å²) in [6.07, 6.45) is -5.33. The summed E-state index contributed by atoms with van der Waals surface area (Å²) in [7, 11) is -2.91. The number of halogens is 5. The maximum atomic E-state index is 14.3. The molecule has 0 bridgehead atoms. The molecule has 0 spiro atoms. The molecule has 0 saturated carbocycles. The third-order valence-corrected chi connectivity index (χ3v) is 9.11. The zero-order valence-electron chi connectivity index (χ0n) is 20.2. The molecular formula is C29H21Cl2F3N2O2S. The predicted octanol–water partition coefficient (Wildman–Crippen LogP) is 8.66. The van der Waals surface area contributed by atoms with Crippen LogP contribution >= 0.6 is 23.2 Å². The topological polar surface area (TPSA) is 51.0 Å². The molecule has 0 aromatic heterocycles. The van der Waals surface area contributed by atoms with Gasteiger partial charge in [0.15, 0.2) is 0 Å². The van der Waals surface area contributed by atoms with E-state index in [1.54, 1.807) is 48.5 Å². The zero-order chi connectivity index (χ0) is 27.7. The normalized spacial score (nSPS) is 17.4. The fraction of sp³-hybridized carbons (Fsp3) is 0.138. The summed E-state index contributed by atoms with van der Waals surface area (Å²) in [4.78, 5) is 6.26. The molecule has 1 heterocycles. The van der Waals surface area contributed by atoms with Crippen molar-refractivity contribution in [3.63, 3.8) is 0 Å². The molecule has 1 unspecified atom stereocenters. The summed E-state index contributed by atoms with van der Waals surface area (Å²) in [5.41, 5.74) is -1.60. The van der Waals surface area contributed by atoms with Crippen molar-refractivity contribution in [1.29, 1.82) is 0 Å². The number of hydrogen-bond acceptors (Lipinski definition) is 4. The van der Waals surface area contributed by atoms with Crippen LogP contribution in [0.2, 0.25) is 10.0 Å². The monoisotopic (exact) mass is 588 g/mol. The third-order valence-electron chi connectivity index (χ3n) is 6.36. The highest BCUT2D eigenvalue weighted by Crippen LogP contribution is 2.49. The Hall–Kier alpha value is -3.33. The number of nitrogens with zero attached hydrogens (tertiary/aromatic N) is 2. The lowest BCUT2D eigenvalue weighted by molar-refractivity contribution is -0.275. The maximum absolute atomic E-state index is 14.3. The van der Waals surface area contributed by atoms with Gasteiger partial charge in [-0.05, 0) is 53.6 Å². The zero-order valence-corrected chi connectivity index (χ0v) is 22.6. The van der Waals surface area contributed by atoms with Gasteiger partial charge in [-0.1, -0.05) is 89.0 Å². The quantitative estimate of drug-likeness (QED) is 0.226. The second-order valence-electron chi connectivity index (χ2n) is 8.93. The van der Waals surface area contributed by atoms with Crippen molar-refractivity contribution in [3.8, 4) is 0 Å². The van der Waals surface area contributed by atoms with E-state index in [4.69, 9.17) is 28.0 Å². The Morgan fingerprint density at radius 1 is 0.846 bits per heavy atom. The Morgan fingerprint density at radius 2 is 1.38 bits per heavy atom. The fourth-order valence-corrected chi connectivity index (χ4v) is 6.79. The number of hydrogen-bond donors (Lipinski definition) is 0. The maximum Gasteiger partial charge on any atom is 0.435 e. The Balaban J connectivity index is 1.41. The molecule has 0 aliphatic carbocycles. The first-order chi connectivity index (χ1) is 18.6. The van der Waals surface area contributed by atoms with Gasteiger partial charge in [-0.3, -0.25) is 0 Å². The van der Waals surface area contributed by atoms with Crippen LogP contribution in [0.25, 0.3) is 0 Å². The third kappa shape index (κ3) is 5.41. The molecule has 200 valence electrons. The van der Waals surface area contributed by atoms with E-state index in [1.165, 1.54) is 18.2 Å². The number of oxime groups is 1. The van der Waals surface area contributed by atoms with Gasteiger partial charge in [0.25, 0.3) is 5.60 Å². The van der Waals surface area contributed by atoms with Gasteiger partial charge in [-0.25, -0.2) is 8.57 Å². The molecule has 10 heteroatoms. The standard InChI is InChI=1S/C29H21Cl2F3N2O2S/c30-23-15-22(16-24(31)17-23)28(29(32,33)34)18-27(36-38-28)21-13-11-20(12-14-21)19-35-39(37,25-7-3-1-4-8-25)26-9-5-2-6-10-26/h1-17H,18-19H2. The highest BCUT2D eigenvalue weighted by molar-refractivity contribution is 7.93. The van der Waals surface area contributed by atoms with E-state index in [-0.39, 0.29) is 27.9 Å². The van der Waals surface area contributed by atoms with Crippen molar-refractivity contribution in [3.05, 3.63) is 130 Å². The minimum Gasteiger partial charge on any atom is -0.374 e. The van der Waals surface area contributed by atoms with Gasteiger partial charge in [0.2, 0.25) is 0 Å². The molecule has 1 aliphatic rings. The van der Waals surface area contributed by atoms with Gasteiger partial charge in [0.1, 0.15) is 9.73 Å². The van der Waals surface area contributed by atoms with Crippen molar-refractivity contribution in [2.45, 2.75) is 34.5 Å². The second-order valence-corrected chi connectivity index (χ2v) is 12.1. The largest absolute Gasteiger partial charge is 0.435 e. The van der Waals surface area contributed by atoms with Crippen LogP contribution in [0.3, 0.4) is 0 Å². The highest BCUT2D eigenvalue weighted by Gasteiger charge is 2.62. The minimum atomic E-state index is -4.78. The first-order valence-corrected chi connectivity index (χ1v) is 14.1. The van der Waals surface area contributed by atoms with Gasteiger partial charge >= 0.3 is 6.18 Å². The van der Waals surface area contributed by atoms with Gasteiger partial charge in [0, 0.05) is 22.0 Å². The average molecular weight is 589 g/mol. The predicted molar refractivity (Wildman–Crippen MR) is 147 cm³/mol. The van der Waals surface area contributed by atoms with E-state index in [0.29, 0.717) is 15.4 Å². The number of alkyl halides is 3. The van der Waals surface area contributed by atoms with E-state index in [2.05, 4.69) is 9.52 Å². The molecule has 39 heavy (non-hydrogen) atoms. The summed E-state index contributed by atoms with van der Waals surface area (Å²) in [6.45, 7) is 0.138. The molecule has 4 nitrogen and oxygen atoms in total. The lowest BCUT2D eigenvalue weighted by Gasteiger charge is -2.29. The molecule has 0 N–H and O–H groups in total. The smallest absolute Gasteiger partial charge is 0.374 e. The van der Waals surface area contributed by atoms with Crippen molar-refractivity contribution in [2.75, 3.05) is 0 Å². The number of benzene rings is 4. The molecule has 0 radical (unpaired) electrons. The molecule has 4 aromatic rings. The molecule has 0 fully saturated rings. The van der Waals surface area contributed by atoms with Crippen molar-refractivity contribution >= 4 is 38.6 Å². The molecule has 1 aliphatic heterocycles. The Bertz CT molecular complexity index is 1570. The number of rotatable bonds is 6. The fourth-order valence-electron chi connectivity index (χ4n) is 4.31. The molecule has 4 aromatic carbocycles. The Morgan fingerprint density at radius 3 is 1.90 bits per heavy atom. The lowest BCUT2D eigenvalue weighted by atomic mass is 9.86. The lowest BCUT2D eigenvalue weighted by Crippen LogP contribution is -2.42. The van der Waals surface area contributed by atoms with E-state index >= 15 is 0 Å². The van der Waals surface area contributed by atoms with Crippen LogP contribution in [0.1, 0.15) is 23.1 Å². The van der Waals surface area contributed by atoms with Gasteiger partial charge < -0.3 is 4.84 Å². The van der Waals surface area contributed by atoms with E-state index in [1.807, 2.05) is 36.4 Å². The first kappa shape index (κ1) is 27.2. The van der Waals surface area contributed by atoms with E-state index < -0.39 is 27.9 Å². The van der Waals surface area contributed by atoms with Crippen LogP contribution in [-0.2, 0) is 26.7 Å². The van der Waals surface area contributed by atoms with Gasteiger partial charge in [0.05, 0.1) is 22.0 Å². The van der Waals surface area contributed by atoms with Gasteiger partial charge in [-0.2, -0.15) is 13.2 Å².